The quantitative estimate of drug-likeness (QED) is 0.859. The molecule has 4 heteroatoms. The number of ether oxygens (including phenoxy) is 1. The SMILES string of the molecule is Clc1cccnc1OCC1CCCCN1. The van der Waals surface area contributed by atoms with Crippen LogP contribution in [0.2, 0.25) is 5.02 Å². The summed E-state index contributed by atoms with van der Waals surface area (Å²) in [4.78, 5) is 4.08. The summed E-state index contributed by atoms with van der Waals surface area (Å²) in [5, 5.41) is 3.99. The molecule has 1 aromatic rings. The number of hydrogen-bond donors (Lipinski definition) is 1. The summed E-state index contributed by atoms with van der Waals surface area (Å²) in [6.07, 6.45) is 5.40. The number of nitrogens with one attached hydrogen (secondary N) is 1. The summed E-state index contributed by atoms with van der Waals surface area (Å²) in [6, 6.07) is 4.03. The van der Waals surface area contributed by atoms with Gasteiger partial charge in [-0.1, -0.05) is 18.0 Å². The molecule has 82 valence electrons. The van der Waals surface area contributed by atoms with Crippen molar-refractivity contribution in [3.63, 3.8) is 0 Å². The fourth-order valence-electron chi connectivity index (χ4n) is 1.72. The maximum absolute atomic E-state index is 5.93. The van der Waals surface area contributed by atoms with Gasteiger partial charge in [0, 0.05) is 12.2 Å². The van der Waals surface area contributed by atoms with Gasteiger partial charge in [-0.3, -0.25) is 0 Å². The van der Waals surface area contributed by atoms with Gasteiger partial charge in [0.1, 0.15) is 11.6 Å². The van der Waals surface area contributed by atoms with E-state index in [1.807, 2.05) is 0 Å². The highest BCUT2D eigenvalue weighted by molar-refractivity contribution is 6.31. The second-order valence-corrected chi connectivity index (χ2v) is 4.16. The largest absolute Gasteiger partial charge is 0.475 e. The van der Waals surface area contributed by atoms with E-state index in [1.54, 1.807) is 18.3 Å². The molecule has 15 heavy (non-hydrogen) atoms. The minimum atomic E-state index is 0.442. The van der Waals surface area contributed by atoms with E-state index in [9.17, 15) is 0 Å². The Morgan fingerprint density at radius 3 is 3.20 bits per heavy atom. The minimum Gasteiger partial charge on any atom is -0.475 e. The van der Waals surface area contributed by atoms with E-state index in [2.05, 4.69) is 10.3 Å². The summed E-state index contributed by atoms with van der Waals surface area (Å²) < 4.78 is 5.57. The molecular formula is C11H15ClN2O. The maximum atomic E-state index is 5.93. The van der Waals surface area contributed by atoms with Crippen LogP contribution < -0.4 is 10.1 Å². The number of aromatic nitrogens is 1. The monoisotopic (exact) mass is 226 g/mol. The molecule has 0 amide bonds. The molecule has 1 N–H and O–H groups in total. The molecule has 2 heterocycles. The van der Waals surface area contributed by atoms with Gasteiger partial charge in [0.15, 0.2) is 0 Å². The van der Waals surface area contributed by atoms with E-state index in [-0.39, 0.29) is 0 Å². The van der Waals surface area contributed by atoms with Crippen molar-refractivity contribution in [2.24, 2.45) is 0 Å². The second-order valence-electron chi connectivity index (χ2n) is 3.75. The molecule has 1 atom stereocenters. The lowest BCUT2D eigenvalue weighted by Gasteiger charge is -2.23. The Morgan fingerprint density at radius 2 is 2.47 bits per heavy atom. The van der Waals surface area contributed by atoms with Crippen LogP contribution in [0.4, 0.5) is 0 Å². The first-order valence-corrected chi connectivity index (χ1v) is 5.71. The van der Waals surface area contributed by atoms with Gasteiger partial charge in [-0.2, -0.15) is 0 Å². The number of nitrogens with zero attached hydrogens (tertiary/aromatic N) is 1. The Balaban J connectivity index is 1.84. The molecule has 0 bridgehead atoms. The van der Waals surface area contributed by atoms with Crippen LogP contribution in [0.25, 0.3) is 0 Å². The number of halogens is 1. The zero-order valence-corrected chi connectivity index (χ0v) is 9.33. The molecule has 0 aliphatic carbocycles. The van der Waals surface area contributed by atoms with Gasteiger partial charge in [-0.15, -0.1) is 0 Å². The average Bonchev–Trinajstić information content (AvgIpc) is 2.29. The Kier molecular flexibility index (Phi) is 3.80. The lowest BCUT2D eigenvalue weighted by molar-refractivity contribution is 0.232. The van der Waals surface area contributed by atoms with E-state index in [1.165, 1.54) is 19.3 Å². The minimum absolute atomic E-state index is 0.442. The summed E-state index contributed by atoms with van der Waals surface area (Å²) in [5.41, 5.74) is 0. The van der Waals surface area contributed by atoms with Crippen molar-refractivity contribution in [2.45, 2.75) is 25.3 Å². The van der Waals surface area contributed by atoms with E-state index in [4.69, 9.17) is 16.3 Å². The third-order valence-electron chi connectivity index (χ3n) is 2.56. The Labute approximate surface area is 94.8 Å². The topological polar surface area (TPSA) is 34.1 Å². The molecule has 1 fully saturated rings. The van der Waals surface area contributed by atoms with Crippen molar-refractivity contribution in [1.29, 1.82) is 0 Å². The third-order valence-corrected chi connectivity index (χ3v) is 2.85. The standard InChI is InChI=1S/C11H15ClN2O/c12-10-5-3-7-14-11(10)15-8-9-4-1-2-6-13-9/h3,5,7,9,13H,1-2,4,6,8H2. The van der Waals surface area contributed by atoms with Crippen LogP contribution in [0.5, 0.6) is 5.88 Å². The van der Waals surface area contributed by atoms with Gasteiger partial charge in [-0.05, 0) is 31.5 Å². The van der Waals surface area contributed by atoms with E-state index < -0.39 is 0 Å². The van der Waals surface area contributed by atoms with Crippen LogP contribution in [0.1, 0.15) is 19.3 Å². The Hall–Kier alpha value is -0.800. The van der Waals surface area contributed by atoms with Gasteiger partial charge >= 0.3 is 0 Å². The summed E-state index contributed by atoms with van der Waals surface area (Å²) in [5.74, 6) is 0.534. The van der Waals surface area contributed by atoms with E-state index >= 15 is 0 Å². The number of piperidine rings is 1. The lowest BCUT2D eigenvalue weighted by Crippen LogP contribution is -2.38. The van der Waals surface area contributed by atoms with Crippen LogP contribution in [-0.2, 0) is 0 Å². The summed E-state index contributed by atoms with van der Waals surface area (Å²) in [6.45, 7) is 1.74. The molecular weight excluding hydrogens is 212 g/mol. The first-order valence-electron chi connectivity index (χ1n) is 5.33. The Morgan fingerprint density at radius 1 is 1.53 bits per heavy atom. The number of hydrogen-bond acceptors (Lipinski definition) is 3. The van der Waals surface area contributed by atoms with Crippen molar-refractivity contribution in [2.75, 3.05) is 13.2 Å². The van der Waals surface area contributed by atoms with Crippen molar-refractivity contribution < 1.29 is 4.74 Å². The maximum Gasteiger partial charge on any atom is 0.232 e. The van der Waals surface area contributed by atoms with Crippen LogP contribution in [0.3, 0.4) is 0 Å². The Bertz CT molecular complexity index is 313. The highest BCUT2D eigenvalue weighted by Crippen LogP contribution is 2.20. The van der Waals surface area contributed by atoms with Crippen molar-refractivity contribution >= 4 is 11.6 Å². The van der Waals surface area contributed by atoms with Gasteiger partial charge < -0.3 is 10.1 Å². The molecule has 1 aromatic heterocycles. The summed E-state index contributed by atoms with van der Waals surface area (Å²) in [7, 11) is 0. The van der Waals surface area contributed by atoms with E-state index in [0.717, 1.165) is 6.54 Å². The van der Waals surface area contributed by atoms with E-state index in [0.29, 0.717) is 23.6 Å². The first-order chi connectivity index (χ1) is 7.36. The molecule has 1 saturated heterocycles. The fraction of sp³-hybridized carbons (Fsp3) is 0.545. The zero-order chi connectivity index (χ0) is 10.5. The fourth-order valence-corrected chi connectivity index (χ4v) is 1.90. The number of rotatable bonds is 3. The zero-order valence-electron chi connectivity index (χ0n) is 8.58. The van der Waals surface area contributed by atoms with Gasteiger partial charge in [0.25, 0.3) is 0 Å². The van der Waals surface area contributed by atoms with Crippen LogP contribution in [0, 0.1) is 0 Å². The predicted octanol–water partition coefficient (Wildman–Crippen LogP) is 2.26. The van der Waals surface area contributed by atoms with Crippen LogP contribution in [-0.4, -0.2) is 24.2 Å². The van der Waals surface area contributed by atoms with Crippen molar-refractivity contribution in [3.8, 4) is 5.88 Å². The van der Waals surface area contributed by atoms with Gasteiger partial charge in [0.05, 0.1) is 0 Å². The van der Waals surface area contributed by atoms with Crippen LogP contribution >= 0.6 is 11.6 Å². The molecule has 0 aromatic carbocycles. The third kappa shape index (κ3) is 3.08. The van der Waals surface area contributed by atoms with Crippen molar-refractivity contribution in [1.82, 2.24) is 10.3 Å². The molecule has 0 spiro atoms. The smallest absolute Gasteiger partial charge is 0.232 e. The predicted molar refractivity (Wildman–Crippen MR) is 60.4 cm³/mol. The lowest BCUT2D eigenvalue weighted by atomic mass is 10.1. The van der Waals surface area contributed by atoms with Gasteiger partial charge in [-0.25, -0.2) is 4.98 Å². The number of pyridine rings is 1. The molecule has 1 unspecified atom stereocenters. The second kappa shape index (κ2) is 5.33. The highest BCUT2D eigenvalue weighted by atomic mass is 35.5. The molecule has 2 rings (SSSR count). The molecule has 3 nitrogen and oxygen atoms in total. The average molecular weight is 227 g/mol. The molecule has 0 radical (unpaired) electrons. The normalized spacial score (nSPS) is 21.3. The van der Waals surface area contributed by atoms with Crippen molar-refractivity contribution in [3.05, 3.63) is 23.4 Å². The molecule has 1 aliphatic heterocycles. The first kappa shape index (κ1) is 10.7. The van der Waals surface area contributed by atoms with Crippen LogP contribution in [0.15, 0.2) is 18.3 Å². The highest BCUT2D eigenvalue weighted by Gasteiger charge is 2.13. The molecule has 1 aliphatic rings. The summed E-state index contributed by atoms with van der Waals surface area (Å²) >= 11 is 5.93. The molecule has 0 saturated carbocycles. The van der Waals surface area contributed by atoms with Gasteiger partial charge in [0.2, 0.25) is 5.88 Å².